The molecule has 1 unspecified atom stereocenters. The molecule has 0 aliphatic carbocycles. The third kappa shape index (κ3) is 1.45. The second-order valence-electron chi connectivity index (χ2n) is 4.52. The van der Waals surface area contributed by atoms with Gasteiger partial charge < -0.3 is 19.3 Å². The summed E-state index contributed by atoms with van der Waals surface area (Å²) in [6.07, 6.45) is 0. The maximum atomic E-state index is 5.31. The van der Waals surface area contributed by atoms with Crippen LogP contribution in [-0.4, -0.2) is 43.6 Å². The molecule has 3 rings (SSSR count). The van der Waals surface area contributed by atoms with E-state index in [1.54, 1.807) is 7.11 Å². The number of aromatic nitrogens is 2. The summed E-state index contributed by atoms with van der Waals surface area (Å²) in [5.41, 5.74) is 0.177. The van der Waals surface area contributed by atoms with Gasteiger partial charge >= 0.3 is 0 Å². The molecule has 1 aromatic rings. The topological polar surface area (TPSA) is 69.4 Å². The number of hydrogen-bond donors (Lipinski definition) is 1. The van der Waals surface area contributed by atoms with Gasteiger partial charge in [-0.15, -0.1) is 0 Å². The third-order valence-electron chi connectivity index (χ3n) is 3.40. The van der Waals surface area contributed by atoms with Crippen molar-refractivity contribution < 1.29 is 14.0 Å². The maximum Gasteiger partial charge on any atom is 0.231 e. The average Bonchev–Trinajstić information content (AvgIpc) is 2.80. The first-order chi connectivity index (χ1) is 7.84. The summed E-state index contributed by atoms with van der Waals surface area (Å²) < 4.78 is 15.6. The molecule has 2 aliphatic rings. The van der Waals surface area contributed by atoms with Gasteiger partial charge in [0.15, 0.2) is 5.82 Å². The van der Waals surface area contributed by atoms with Crippen LogP contribution in [0.3, 0.4) is 0 Å². The Hall–Kier alpha value is -0.980. The molecule has 2 aliphatic heterocycles. The van der Waals surface area contributed by atoms with E-state index in [1.165, 1.54) is 0 Å². The normalized spacial score (nSPS) is 27.2. The van der Waals surface area contributed by atoms with E-state index in [1.807, 2.05) is 0 Å². The molecule has 0 bridgehead atoms. The molecule has 0 amide bonds. The fourth-order valence-corrected chi connectivity index (χ4v) is 2.42. The molecule has 3 heterocycles. The van der Waals surface area contributed by atoms with E-state index in [-0.39, 0.29) is 11.3 Å². The number of methoxy groups -OCH3 is 1. The first-order valence-electron chi connectivity index (χ1n) is 5.44. The SMILES string of the molecule is COCc1noc(C2CNCC23COC3)n1. The number of hydrogen-bond acceptors (Lipinski definition) is 6. The van der Waals surface area contributed by atoms with E-state index < -0.39 is 0 Å². The molecule has 1 spiro atoms. The van der Waals surface area contributed by atoms with Gasteiger partial charge in [0.1, 0.15) is 6.61 Å². The van der Waals surface area contributed by atoms with Crippen LogP contribution in [-0.2, 0) is 16.1 Å². The highest BCUT2D eigenvalue weighted by molar-refractivity contribution is 5.11. The van der Waals surface area contributed by atoms with Crippen LogP contribution in [0.2, 0.25) is 0 Å². The lowest BCUT2D eigenvalue weighted by Gasteiger charge is -2.40. The first-order valence-corrected chi connectivity index (χ1v) is 5.44. The second kappa shape index (κ2) is 3.80. The molecule has 88 valence electrons. The number of nitrogens with zero attached hydrogens (tertiary/aromatic N) is 2. The van der Waals surface area contributed by atoms with Crippen LogP contribution in [0.15, 0.2) is 4.52 Å². The van der Waals surface area contributed by atoms with E-state index in [2.05, 4.69) is 15.5 Å². The molecular formula is C10H15N3O3. The van der Waals surface area contributed by atoms with Crippen molar-refractivity contribution in [2.24, 2.45) is 5.41 Å². The lowest BCUT2D eigenvalue weighted by molar-refractivity contribution is -0.113. The summed E-state index contributed by atoms with van der Waals surface area (Å²) in [5, 5.41) is 7.26. The highest BCUT2D eigenvalue weighted by Crippen LogP contribution is 2.44. The molecule has 1 N–H and O–H groups in total. The molecule has 16 heavy (non-hydrogen) atoms. The van der Waals surface area contributed by atoms with E-state index in [0.717, 1.165) is 26.3 Å². The fourth-order valence-electron chi connectivity index (χ4n) is 2.42. The van der Waals surface area contributed by atoms with Gasteiger partial charge in [0.05, 0.1) is 19.1 Å². The van der Waals surface area contributed by atoms with Crippen LogP contribution in [0.4, 0.5) is 0 Å². The zero-order valence-corrected chi connectivity index (χ0v) is 9.23. The third-order valence-corrected chi connectivity index (χ3v) is 3.40. The van der Waals surface area contributed by atoms with Crippen molar-refractivity contribution >= 4 is 0 Å². The Balaban J connectivity index is 1.80. The Kier molecular flexibility index (Phi) is 2.42. The predicted octanol–water partition coefficient (Wildman–Crippen LogP) is -0.0806. The number of rotatable bonds is 3. The van der Waals surface area contributed by atoms with Crippen molar-refractivity contribution in [1.82, 2.24) is 15.5 Å². The van der Waals surface area contributed by atoms with Crippen LogP contribution in [0, 0.1) is 5.41 Å². The minimum atomic E-state index is 0.177. The standard InChI is InChI=1S/C10H15N3O3/c1-14-3-8-12-9(16-13-8)7-2-11-4-10(7)5-15-6-10/h7,11H,2-6H2,1H3. The van der Waals surface area contributed by atoms with Crippen molar-refractivity contribution in [3.8, 4) is 0 Å². The number of nitrogens with one attached hydrogen (secondary N) is 1. The molecule has 0 aromatic carbocycles. The van der Waals surface area contributed by atoms with Gasteiger partial charge in [-0.2, -0.15) is 4.98 Å². The minimum Gasteiger partial charge on any atom is -0.380 e. The van der Waals surface area contributed by atoms with Crippen molar-refractivity contribution in [3.05, 3.63) is 11.7 Å². The van der Waals surface area contributed by atoms with Gasteiger partial charge in [0.2, 0.25) is 5.89 Å². The zero-order valence-electron chi connectivity index (χ0n) is 9.23. The summed E-state index contributed by atoms with van der Waals surface area (Å²) in [6.45, 7) is 3.82. The van der Waals surface area contributed by atoms with Crippen molar-refractivity contribution in [2.45, 2.75) is 12.5 Å². The Morgan fingerprint density at radius 1 is 1.56 bits per heavy atom. The molecule has 0 radical (unpaired) electrons. The lowest BCUT2D eigenvalue weighted by atomic mass is 9.76. The summed E-state index contributed by atoms with van der Waals surface area (Å²) in [7, 11) is 1.62. The molecule has 0 saturated carbocycles. The van der Waals surface area contributed by atoms with Gasteiger partial charge in [-0.05, 0) is 0 Å². The van der Waals surface area contributed by atoms with Gasteiger partial charge in [-0.1, -0.05) is 5.16 Å². The average molecular weight is 225 g/mol. The zero-order chi connectivity index (χ0) is 11.0. The summed E-state index contributed by atoms with van der Waals surface area (Å²) in [5.74, 6) is 1.60. The Bertz CT molecular complexity index is 375. The van der Waals surface area contributed by atoms with Crippen molar-refractivity contribution in [1.29, 1.82) is 0 Å². The molecule has 6 heteroatoms. The fraction of sp³-hybridized carbons (Fsp3) is 0.800. The minimum absolute atomic E-state index is 0.177. The van der Waals surface area contributed by atoms with E-state index in [9.17, 15) is 0 Å². The smallest absolute Gasteiger partial charge is 0.231 e. The highest BCUT2D eigenvalue weighted by Gasteiger charge is 2.51. The van der Waals surface area contributed by atoms with Crippen molar-refractivity contribution in [3.63, 3.8) is 0 Å². The van der Waals surface area contributed by atoms with Crippen LogP contribution >= 0.6 is 0 Å². The van der Waals surface area contributed by atoms with Gasteiger partial charge in [0, 0.05) is 25.6 Å². The van der Waals surface area contributed by atoms with Crippen LogP contribution in [0.5, 0.6) is 0 Å². The predicted molar refractivity (Wildman–Crippen MR) is 53.9 cm³/mol. The first kappa shape index (κ1) is 10.2. The monoisotopic (exact) mass is 225 g/mol. The Labute approximate surface area is 93.3 Å². The van der Waals surface area contributed by atoms with Crippen LogP contribution < -0.4 is 5.32 Å². The molecule has 6 nitrogen and oxygen atoms in total. The molecule has 2 fully saturated rings. The Morgan fingerprint density at radius 3 is 3.12 bits per heavy atom. The lowest BCUT2D eigenvalue weighted by Crippen LogP contribution is -2.47. The van der Waals surface area contributed by atoms with Crippen LogP contribution in [0.25, 0.3) is 0 Å². The van der Waals surface area contributed by atoms with E-state index >= 15 is 0 Å². The Morgan fingerprint density at radius 2 is 2.44 bits per heavy atom. The van der Waals surface area contributed by atoms with Gasteiger partial charge in [0.25, 0.3) is 0 Å². The van der Waals surface area contributed by atoms with Gasteiger partial charge in [-0.3, -0.25) is 0 Å². The quantitative estimate of drug-likeness (QED) is 0.776. The maximum absolute atomic E-state index is 5.31. The molecule has 2 saturated heterocycles. The molecular weight excluding hydrogens is 210 g/mol. The number of ether oxygens (including phenoxy) is 2. The summed E-state index contributed by atoms with van der Waals surface area (Å²) in [4.78, 5) is 4.36. The van der Waals surface area contributed by atoms with E-state index in [0.29, 0.717) is 18.3 Å². The second-order valence-corrected chi connectivity index (χ2v) is 4.52. The summed E-state index contributed by atoms with van der Waals surface area (Å²) >= 11 is 0. The van der Waals surface area contributed by atoms with E-state index in [4.69, 9.17) is 14.0 Å². The largest absolute Gasteiger partial charge is 0.380 e. The molecule has 1 aromatic heterocycles. The summed E-state index contributed by atoms with van der Waals surface area (Å²) in [6, 6.07) is 0. The molecule has 1 atom stereocenters. The highest BCUT2D eigenvalue weighted by atomic mass is 16.5. The van der Waals surface area contributed by atoms with Gasteiger partial charge in [-0.25, -0.2) is 0 Å². The van der Waals surface area contributed by atoms with Crippen LogP contribution in [0.1, 0.15) is 17.6 Å². The van der Waals surface area contributed by atoms with Crippen molar-refractivity contribution in [2.75, 3.05) is 33.4 Å².